The molecule has 1 aliphatic carbocycles. The van der Waals surface area contributed by atoms with Crippen LogP contribution < -0.4 is 5.73 Å². The maximum absolute atomic E-state index is 5.69. The topological polar surface area (TPSA) is 26.0 Å². The summed E-state index contributed by atoms with van der Waals surface area (Å²) in [7, 11) is 0. The number of fused-ring (bicyclic) bond motifs is 1. The van der Waals surface area contributed by atoms with Gasteiger partial charge in [-0.3, -0.25) is 0 Å². The quantitative estimate of drug-likeness (QED) is 0.693. The van der Waals surface area contributed by atoms with Crippen LogP contribution in [-0.2, 0) is 0 Å². The average molecular weight is 173 g/mol. The van der Waals surface area contributed by atoms with Crippen LogP contribution in [0.1, 0.15) is 29.5 Å². The molecule has 1 heteroatoms. The number of allylic oxidation sites excluding steroid dienone is 1. The average Bonchev–Trinajstić information content (AvgIpc) is 2.42. The third-order valence-electron chi connectivity index (χ3n) is 2.72. The van der Waals surface area contributed by atoms with Crippen molar-refractivity contribution in [3.05, 3.63) is 41.0 Å². The van der Waals surface area contributed by atoms with Crippen molar-refractivity contribution in [3.63, 3.8) is 0 Å². The van der Waals surface area contributed by atoms with Crippen molar-refractivity contribution in [3.8, 4) is 0 Å². The second-order valence-electron chi connectivity index (χ2n) is 3.78. The van der Waals surface area contributed by atoms with Gasteiger partial charge in [0.2, 0.25) is 0 Å². The third-order valence-corrected chi connectivity index (χ3v) is 2.72. The van der Waals surface area contributed by atoms with Gasteiger partial charge in [0.05, 0.1) is 0 Å². The zero-order valence-corrected chi connectivity index (χ0v) is 8.17. The van der Waals surface area contributed by atoms with Crippen molar-refractivity contribution in [2.24, 2.45) is 5.73 Å². The van der Waals surface area contributed by atoms with Crippen molar-refractivity contribution in [1.29, 1.82) is 0 Å². The van der Waals surface area contributed by atoms with E-state index in [1.807, 2.05) is 0 Å². The number of aryl methyl sites for hydroxylation is 1. The predicted octanol–water partition coefficient (Wildman–Crippen LogP) is 2.45. The summed E-state index contributed by atoms with van der Waals surface area (Å²) in [6.45, 7) is 5.00. The fourth-order valence-corrected chi connectivity index (χ4v) is 2.00. The molecule has 13 heavy (non-hydrogen) atoms. The maximum Gasteiger partial charge on any atom is 0.0181 e. The molecule has 0 amide bonds. The minimum Gasteiger partial charge on any atom is -0.326 e. The molecule has 1 nitrogen and oxygen atoms in total. The maximum atomic E-state index is 5.69. The van der Waals surface area contributed by atoms with E-state index in [0.29, 0.717) is 12.5 Å². The number of rotatable bonds is 1. The molecular formula is C12H15N. The monoisotopic (exact) mass is 173 g/mol. The zero-order chi connectivity index (χ0) is 9.42. The first-order chi connectivity index (χ1) is 6.22. The highest BCUT2D eigenvalue weighted by Gasteiger charge is 2.18. The van der Waals surface area contributed by atoms with E-state index in [1.54, 1.807) is 0 Å². The molecule has 0 bridgehead atoms. The van der Waals surface area contributed by atoms with E-state index in [2.05, 4.69) is 38.1 Å². The van der Waals surface area contributed by atoms with Crippen LogP contribution in [0.2, 0.25) is 0 Å². The van der Waals surface area contributed by atoms with Crippen LogP contribution in [0, 0.1) is 6.92 Å². The molecule has 0 saturated carbocycles. The van der Waals surface area contributed by atoms with Crippen LogP contribution in [0.25, 0.3) is 5.57 Å². The van der Waals surface area contributed by atoms with Crippen molar-refractivity contribution >= 4 is 5.57 Å². The number of nitrogens with two attached hydrogens (primary N) is 1. The Bertz CT molecular complexity index is 363. The molecule has 1 unspecified atom stereocenters. The Labute approximate surface area is 79.3 Å². The normalized spacial score (nSPS) is 19.9. The second kappa shape index (κ2) is 3.00. The van der Waals surface area contributed by atoms with Crippen molar-refractivity contribution in [1.82, 2.24) is 0 Å². The Balaban J connectivity index is 2.55. The van der Waals surface area contributed by atoms with Crippen molar-refractivity contribution in [2.45, 2.75) is 19.8 Å². The lowest BCUT2D eigenvalue weighted by Crippen LogP contribution is -2.00. The third kappa shape index (κ3) is 1.29. The molecule has 0 saturated heterocycles. The molecule has 2 N–H and O–H groups in total. The largest absolute Gasteiger partial charge is 0.326 e. The first-order valence-electron chi connectivity index (χ1n) is 4.74. The molecule has 0 aliphatic heterocycles. The molecule has 0 fully saturated rings. The number of hydrogen-bond donors (Lipinski definition) is 1. The SMILES string of the molecule is Cc1ccc2c(c1)C(CN)=CC2C. The minimum atomic E-state index is 0.536. The summed E-state index contributed by atoms with van der Waals surface area (Å²) in [4.78, 5) is 0. The molecule has 0 spiro atoms. The molecule has 1 atom stereocenters. The highest BCUT2D eigenvalue weighted by Crippen LogP contribution is 2.35. The van der Waals surface area contributed by atoms with Crippen LogP contribution in [-0.4, -0.2) is 6.54 Å². The van der Waals surface area contributed by atoms with Crippen molar-refractivity contribution < 1.29 is 0 Å². The first-order valence-corrected chi connectivity index (χ1v) is 4.74. The van der Waals surface area contributed by atoms with Gasteiger partial charge in [-0.25, -0.2) is 0 Å². The molecule has 1 aromatic carbocycles. The minimum absolute atomic E-state index is 0.536. The Morgan fingerprint density at radius 3 is 2.85 bits per heavy atom. The second-order valence-corrected chi connectivity index (χ2v) is 3.78. The van der Waals surface area contributed by atoms with Crippen LogP contribution in [0.5, 0.6) is 0 Å². The van der Waals surface area contributed by atoms with E-state index in [1.165, 1.54) is 22.3 Å². The Morgan fingerprint density at radius 1 is 1.38 bits per heavy atom. The van der Waals surface area contributed by atoms with E-state index < -0.39 is 0 Å². The first kappa shape index (κ1) is 8.52. The summed E-state index contributed by atoms with van der Waals surface area (Å²) in [6, 6.07) is 6.62. The van der Waals surface area contributed by atoms with Gasteiger partial charge in [-0.05, 0) is 23.6 Å². The smallest absolute Gasteiger partial charge is 0.0181 e. The van der Waals surface area contributed by atoms with Gasteiger partial charge in [-0.15, -0.1) is 0 Å². The van der Waals surface area contributed by atoms with Gasteiger partial charge < -0.3 is 5.73 Å². The summed E-state index contributed by atoms with van der Waals surface area (Å²) in [5.74, 6) is 0.536. The Kier molecular flexibility index (Phi) is 1.97. The summed E-state index contributed by atoms with van der Waals surface area (Å²) in [5.41, 5.74) is 11.1. The van der Waals surface area contributed by atoms with Crippen LogP contribution in [0.15, 0.2) is 24.3 Å². The van der Waals surface area contributed by atoms with Gasteiger partial charge in [-0.1, -0.05) is 36.8 Å². The van der Waals surface area contributed by atoms with Gasteiger partial charge in [0.1, 0.15) is 0 Å². The van der Waals surface area contributed by atoms with Gasteiger partial charge in [-0.2, -0.15) is 0 Å². The number of hydrogen-bond acceptors (Lipinski definition) is 1. The summed E-state index contributed by atoms with van der Waals surface area (Å²) in [5, 5.41) is 0. The van der Waals surface area contributed by atoms with Crippen LogP contribution in [0.4, 0.5) is 0 Å². The summed E-state index contributed by atoms with van der Waals surface area (Å²) >= 11 is 0. The lowest BCUT2D eigenvalue weighted by Gasteiger charge is -2.06. The summed E-state index contributed by atoms with van der Waals surface area (Å²) in [6.07, 6.45) is 2.27. The zero-order valence-electron chi connectivity index (χ0n) is 8.17. The molecular weight excluding hydrogens is 158 g/mol. The van der Waals surface area contributed by atoms with Gasteiger partial charge >= 0.3 is 0 Å². The van der Waals surface area contributed by atoms with E-state index in [9.17, 15) is 0 Å². The van der Waals surface area contributed by atoms with E-state index in [0.717, 1.165) is 0 Å². The van der Waals surface area contributed by atoms with E-state index in [4.69, 9.17) is 5.73 Å². The molecule has 1 aromatic rings. The Hall–Kier alpha value is -1.08. The lowest BCUT2D eigenvalue weighted by molar-refractivity contribution is 0.988. The number of benzene rings is 1. The predicted molar refractivity (Wildman–Crippen MR) is 56.6 cm³/mol. The molecule has 1 aliphatic rings. The Morgan fingerprint density at radius 2 is 2.15 bits per heavy atom. The fraction of sp³-hybridized carbons (Fsp3) is 0.333. The standard InChI is InChI=1S/C12H15N/c1-8-3-4-11-9(2)6-10(7-13)12(11)5-8/h3-6,9H,7,13H2,1-2H3. The van der Waals surface area contributed by atoms with Crippen molar-refractivity contribution in [2.75, 3.05) is 6.54 Å². The fourth-order valence-electron chi connectivity index (χ4n) is 2.00. The van der Waals surface area contributed by atoms with Gasteiger partial charge in [0, 0.05) is 12.5 Å². The van der Waals surface area contributed by atoms with Gasteiger partial charge in [0.25, 0.3) is 0 Å². The van der Waals surface area contributed by atoms with E-state index in [-0.39, 0.29) is 0 Å². The molecule has 0 heterocycles. The summed E-state index contributed by atoms with van der Waals surface area (Å²) < 4.78 is 0. The molecule has 68 valence electrons. The molecule has 0 aromatic heterocycles. The van der Waals surface area contributed by atoms with E-state index >= 15 is 0 Å². The van der Waals surface area contributed by atoms with Gasteiger partial charge in [0.15, 0.2) is 0 Å². The van der Waals surface area contributed by atoms with Crippen LogP contribution >= 0.6 is 0 Å². The highest BCUT2D eigenvalue weighted by atomic mass is 14.5. The van der Waals surface area contributed by atoms with Crippen LogP contribution in [0.3, 0.4) is 0 Å². The molecule has 0 radical (unpaired) electrons. The highest BCUT2D eigenvalue weighted by molar-refractivity contribution is 5.76. The molecule has 2 rings (SSSR count). The lowest BCUT2D eigenvalue weighted by atomic mass is 9.99.